The van der Waals surface area contributed by atoms with Crippen molar-refractivity contribution >= 4 is 32.4 Å². The van der Waals surface area contributed by atoms with Gasteiger partial charge < -0.3 is 9.47 Å². The largest absolute Gasteiger partial charge is 0.369 e. The van der Waals surface area contributed by atoms with Crippen molar-refractivity contribution in [3.63, 3.8) is 0 Å². The molecule has 0 radical (unpaired) electrons. The van der Waals surface area contributed by atoms with Crippen LogP contribution in [0.4, 0.5) is 5.69 Å². The zero-order valence-corrected chi connectivity index (χ0v) is 17.5. The molecule has 152 valence electrons. The van der Waals surface area contributed by atoms with E-state index >= 15 is 0 Å². The van der Waals surface area contributed by atoms with E-state index in [1.807, 2.05) is 16.8 Å². The standard InChI is InChI=1S/C22H25N3O3S/c1-17-3-5-20(6-4-17)23-11-13-25(14-12-23)29(27,28)21-7-8-22-19(15-21)9-10-24(22)16-18(2)26/h3-10,15H,11-14,16H2,1-2H3. The highest BCUT2D eigenvalue weighted by Gasteiger charge is 2.29. The Kier molecular flexibility index (Phi) is 5.19. The van der Waals surface area contributed by atoms with Gasteiger partial charge in [0.05, 0.1) is 11.4 Å². The van der Waals surface area contributed by atoms with Crippen molar-refractivity contribution in [2.24, 2.45) is 0 Å². The molecule has 1 aromatic heterocycles. The fourth-order valence-electron chi connectivity index (χ4n) is 3.81. The number of rotatable bonds is 5. The summed E-state index contributed by atoms with van der Waals surface area (Å²) in [7, 11) is -3.55. The Labute approximate surface area is 171 Å². The molecule has 4 rings (SSSR count). The molecule has 1 saturated heterocycles. The maximum absolute atomic E-state index is 13.1. The van der Waals surface area contributed by atoms with Crippen LogP contribution in [0.15, 0.2) is 59.6 Å². The van der Waals surface area contributed by atoms with Gasteiger partial charge in [-0.25, -0.2) is 8.42 Å². The van der Waals surface area contributed by atoms with Crippen LogP contribution in [0.25, 0.3) is 10.9 Å². The molecule has 0 aliphatic carbocycles. The number of Topliss-reactive ketones (excluding diaryl/α,β-unsaturated/α-hetero) is 1. The number of carbonyl (C=O) groups excluding carboxylic acids is 1. The van der Waals surface area contributed by atoms with Gasteiger partial charge in [0.1, 0.15) is 5.78 Å². The van der Waals surface area contributed by atoms with Gasteiger partial charge in [-0.2, -0.15) is 4.31 Å². The lowest BCUT2D eigenvalue weighted by atomic mass is 10.2. The third kappa shape index (κ3) is 3.93. The van der Waals surface area contributed by atoms with Crippen LogP contribution in [-0.4, -0.2) is 49.3 Å². The van der Waals surface area contributed by atoms with E-state index in [0.717, 1.165) is 16.6 Å². The van der Waals surface area contributed by atoms with E-state index in [-0.39, 0.29) is 12.3 Å². The second-order valence-corrected chi connectivity index (χ2v) is 9.53. The minimum Gasteiger partial charge on any atom is -0.369 e. The van der Waals surface area contributed by atoms with Gasteiger partial charge in [0, 0.05) is 49.0 Å². The quantitative estimate of drug-likeness (QED) is 0.647. The van der Waals surface area contributed by atoms with E-state index in [2.05, 4.69) is 36.1 Å². The zero-order valence-electron chi connectivity index (χ0n) is 16.7. The van der Waals surface area contributed by atoms with Crippen molar-refractivity contribution < 1.29 is 13.2 Å². The third-order valence-electron chi connectivity index (χ3n) is 5.41. The van der Waals surface area contributed by atoms with Crippen LogP contribution in [0, 0.1) is 6.92 Å². The van der Waals surface area contributed by atoms with Crippen molar-refractivity contribution in [2.45, 2.75) is 25.3 Å². The van der Waals surface area contributed by atoms with Crippen LogP contribution in [0.3, 0.4) is 0 Å². The fourth-order valence-corrected chi connectivity index (χ4v) is 5.27. The van der Waals surface area contributed by atoms with Gasteiger partial charge in [0.15, 0.2) is 0 Å². The molecule has 2 aromatic carbocycles. The summed E-state index contributed by atoms with van der Waals surface area (Å²) in [4.78, 5) is 13.9. The van der Waals surface area contributed by atoms with Crippen molar-refractivity contribution in [3.8, 4) is 0 Å². The summed E-state index contributed by atoms with van der Waals surface area (Å²) in [6.45, 7) is 6.13. The molecule has 2 heterocycles. The van der Waals surface area contributed by atoms with Gasteiger partial charge in [0.2, 0.25) is 10.0 Å². The number of hydrogen-bond donors (Lipinski definition) is 0. The summed E-state index contributed by atoms with van der Waals surface area (Å²) in [5.74, 6) is 0.0608. The lowest BCUT2D eigenvalue weighted by Crippen LogP contribution is -2.48. The summed E-state index contributed by atoms with van der Waals surface area (Å²) in [6.07, 6.45) is 1.82. The van der Waals surface area contributed by atoms with Crippen molar-refractivity contribution in [3.05, 3.63) is 60.3 Å². The van der Waals surface area contributed by atoms with Crippen molar-refractivity contribution in [1.82, 2.24) is 8.87 Å². The Morgan fingerprint density at radius 1 is 0.966 bits per heavy atom. The highest BCUT2D eigenvalue weighted by atomic mass is 32.2. The number of aryl methyl sites for hydroxylation is 1. The molecular formula is C22H25N3O3S. The number of ketones is 1. The van der Waals surface area contributed by atoms with Gasteiger partial charge in [-0.15, -0.1) is 0 Å². The molecule has 7 heteroatoms. The Bertz CT molecular complexity index is 1140. The number of anilines is 1. The lowest BCUT2D eigenvalue weighted by Gasteiger charge is -2.35. The average Bonchev–Trinajstić information content (AvgIpc) is 3.10. The molecule has 6 nitrogen and oxygen atoms in total. The van der Waals surface area contributed by atoms with E-state index in [9.17, 15) is 13.2 Å². The first-order chi connectivity index (χ1) is 13.8. The van der Waals surface area contributed by atoms with E-state index in [0.29, 0.717) is 31.1 Å². The van der Waals surface area contributed by atoms with Crippen LogP contribution in [0.1, 0.15) is 12.5 Å². The summed E-state index contributed by atoms with van der Waals surface area (Å²) in [5, 5.41) is 0.825. The van der Waals surface area contributed by atoms with Crippen molar-refractivity contribution in [1.29, 1.82) is 0 Å². The van der Waals surface area contributed by atoms with Crippen LogP contribution in [0.2, 0.25) is 0 Å². The molecule has 1 fully saturated rings. The number of fused-ring (bicyclic) bond motifs is 1. The minimum atomic E-state index is -3.55. The summed E-state index contributed by atoms with van der Waals surface area (Å²) < 4.78 is 29.7. The van der Waals surface area contributed by atoms with Gasteiger partial charge in [-0.05, 0) is 50.2 Å². The van der Waals surface area contributed by atoms with E-state index < -0.39 is 10.0 Å². The first kappa shape index (κ1) is 19.7. The summed E-state index contributed by atoms with van der Waals surface area (Å²) in [5.41, 5.74) is 3.20. The van der Waals surface area contributed by atoms with Crippen molar-refractivity contribution in [2.75, 3.05) is 31.1 Å². The van der Waals surface area contributed by atoms with Gasteiger partial charge in [-0.1, -0.05) is 17.7 Å². The van der Waals surface area contributed by atoms with Crippen LogP contribution >= 0.6 is 0 Å². The van der Waals surface area contributed by atoms with Crippen LogP contribution in [0.5, 0.6) is 0 Å². The highest BCUT2D eigenvalue weighted by Crippen LogP contribution is 2.25. The number of carbonyl (C=O) groups is 1. The molecule has 3 aromatic rings. The first-order valence-corrected chi connectivity index (χ1v) is 11.2. The molecular weight excluding hydrogens is 386 g/mol. The number of sulfonamides is 1. The average molecular weight is 412 g/mol. The van der Waals surface area contributed by atoms with Crippen LogP contribution in [-0.2, 0) is 21.4 Å². The summed E-state index contributed by atoms with van der Waals surface area (Å²) in [6, 6.07) is 15.3. The molecule has 0 atom stereocenters. The minimum absolute atomic E-state index is 0.0608. The number of piperazine rings is 1. The Morgan fingerprint density at radius 3 is 2.31 bits per heavy atom. The lowest BCUT2D eigenvalue weighted by molar-refractivity contribution is -0.117. The van der Waals surface area contributed by atoms with Crippen LogP contribution < -0.4 is 4.90 Å². The maximum atomic E-state index is 13.1. The molecule has 29 heavy (non-hydrogen) atoms. The van der Waals surface area contributed by atoms with E-state index in [1.54, 1.807) is 29.4 Å². The monoisotopic (exact) mass is 411 g/mol. The number of benzene rings is 2. The first-order valence-electron chi connectivity index (χ1n) is 9.75. The predicted octanol–water partition coefficient (Wildman–Crippen LogP) is 3.05. The molecule has 0 unspecified atom stereocenters. The molecule has 1 aliphatic rings. The number of nitrogens with zero attached hydrogens (tertiary/aromatic N) is 3. The van der Waals surface area contributed by atoms with Gasteiger partial charge >= 0.3 is 0 Å². The molecule has 0 bridgehead atoms. The SMILES string of the molecule is CC(=O)Cn1ccc2cc(S(=O)(=O)N3CCN(c4ccc(C)cc4)CC3)ccc21. The van der Waals surface area contributed by atoms with E-state index in [1.165, 1.54) is 5.56 Å². The molecule has 0 saturated carbocycles. The summed E-state index contributed by atoms with van der Waals surface area (Å²) >= 11 is 0. The number of hydrogen-bond acceptors (Lipinski definition) is 4. The smallest absolute Gasteiger partial charge is 0.243 e. The normalized spacial score (nSPS) is 15.7. The van der Waals surface area contributed by atoms with Gasteiger partial charge in [0.25, 0.3) is 0 Å². The fraction of sp³-hybridized carbons (Fsp3) is 0.318. The molecule has 0 spiro atoms. The second-order valence-electron chi connectivity index (χ2n) is 7.59. The predicted molar refractivity (Wildman–Crippen MR) is 115 cm³/mol. The Hall–Kier alpha value is -2.64. The zero-order chi connectivity index (χ0) is 20.6. The maximum Gasteiger partial charge on any atom is 0.243 e. The molecule has 1 aliphatic heterocycles. The Morgan fingerprint density at radius 2 is 1.66 bits per heavy atom. The topological polar surface area (TPSA) is 62.6 Å². The number of aromatic nitrogens is 1. The highest BCUT2D eigenvalue weighted by molar-refractivity contribution is 7.89. The second kappa shape index (κ2) is 7.65. The third-order valence-corrected chi connectivity index (χ3v) is 7.31. The molecule has 0 amide bonds. The van der Waals surface area contributed by atoms with E-state index in [4.69, 9.17) is 0 Å². The van der Waals surface area contributed by atoms with Gasteiger partial charge in [-0.3, -0.25) is 4.79 Å². The molecule has 0 N–H and O–H groups in total. The Balaban J connectivity index is 1.51.